The molecule has 15 aromatic carbocycles. The number of rotatable bonds is 10. The van der Waals surface area contributed by atoms with Gasteiger partial charge in [-0.15, -0.1) is 0 Å². The van der Waals surface area contributed by atoms with E-state index in [1.54, 1.807) is 0 Å². The first-order valence-corrected chi connectivity index (χ1v) is 30.1. The molecule has 0 bridgehead atoms. The lowest BCUT2D eigenvalue weighted by Crippen LogP contribution is -2.26. The smallest absolute Gasteiger partial charge is 0.0731 e. The highest BCUT2D eigenvalue weighted by molar-refractivity contribution is 6.11. The van der Waals surface area contributed by atoms with E-state index in [0.717, 1.165) is 56.4 Å². The van der Waals surface area contributed by atoms with E-state index < -0.39 is 5.41 Å². The summed E-state index contributed by atoms with van der Waals surface area (Å²) >= 11 is 0. The summed E-state index contributed by atoms with van der Waals surface area (Å²) in [6, 6.07) is 126. The number of para-hydroxylation sites is 2. The average molecular weight is 1110 g/mol. The Bertz CT molecular complexity index is 5140. The molecule has 0 amide bonds. The molecule has 2 aliphatic rings. The van der Waals surface area contributed by atoms with Crippen molar-refractivity contribution in [3.63, 3.8) is 0 Å². The van der Waals surface area contributed by atoms with Crippen LogP contribution >= 0.6 is 0 Å². The molecular formula is C85H56N2. The van der Waals surface area contributed by atoms with Crippen molar-refractivity contribution in [1.82, 2.24) is 0 Å². The molecule has 1 atom stereocenters. The maximum absolute atomic E-state index is 2.55. The van der Waals surface area contributed by atoms with E-state index in [2.05, 4.69) is 350 Å². The molecule has 87 heavy (non-hydrogen) atoms. The van der Waals surface area contributed by atoms with Crippen LogP contribution in [0.15, 0.2) is 340 Å². The second-order valence-electron chi connectivity index (χ2n) is 23.1. The fraction of sp³-hybridized carbons (Fsp3) is 0.0118. The lowest BCUT2D eigenvalue weighted by molar-refractivity contribution is 0.803. The molecule has 0 fully saturated rings. The molecule has 2 nitrogen and oxygen atoms in total. The zero-order valence-electron chi connectivity index (χ0n) is 47.7. The molecule has 0 saturated carbocycles. The maximum Gasteiger partial charge on any atom is 0.0731 e. The van der Waals surface area contributed by atoms with Crippen LogP contribution in [0.2, 0.25) is 0 Å². The van der Waals surface area contributed by atoms with Gasteiger partial charge in [-0.05, 0) is 195 Å². The molecule has 17 rings (SSSR count). The fourth-order valence-corrected chi connectivity index (χ4v) is 14.6. The standard InChI is InChI=1S/C85H56N2/c1-7-23-57(24-8-1)62-42-49-81(75(53-62)59-27-11-3-12-28-59)86(67-32-15-5-16-33-67)69-44-39-64-55-77-73-46-40-65-51-70(87(68-34-17-6-18-35-68)82-50-43-63(58-25-9-2-10-26-58)54-76(82)60-29-13-4-14-30-60)45-47-72(65)84(73)85(80(77)56-66(64)52-69)78-38-22-21-37-74(78)83-71-36-20-19-31-61(71)41-48-79(83)85/h1-56H. The topological polar surface area (TPSA) is 6.48 Å². The first kappa shape index (κ1) is 50.2. The SMILES string of the molecule is c1ccc(-c2ccc(N(c3ccccc3)c3ccc4cc5c(cc4c3)C3(c4ccccc4-c4c3ccc3ccccc43)c3c-5ccc4cc(N(c5ccccc5)c5ccc(-c6ccccc6)cc5-c5ccccc5)ccc34)c(-c3ccccc3)c2)cc1. The van der Waals surface area contributed by atoms with Crippen LogP contribution in [0, 0.1) is 0 Å². The van der Waals surface area contributed by atoms with E-state index in [4.69, 9.17) is 0 Å². The van der Waals surface area contributed by atoms with Crippen molar-refractivity contribution in [3.05, 3.63) is 362 Å². The second-order valence-corrected chi connectivity index (χ2v) is 23.1. The zero-order chi connectivity index (χ0) is 57.4. The fourth-order valence-electron chi connectivity index (χ4n) is 14.6. The van der Waals surface area contributed by atoms with Gasteiger partial charge in [-0.2, -0.15) is 0 Å². The maximum atomic E-state index is 2.55. The van der Waals surface area contributed by atoms with Gasteiger partial charge in [-0.3, -0.25) is 0 Å². The molecule has 0 aromatic heterocycles. The summed E-state index contributed by atoms with van der Waals surface area (Å²) in [7, 11) is 0. The monoisotopic (exact) mass is 1100 g/mol. The number of fused-ring (bicyclic) bond motifs is 15. The van der Waals surface area contributed by atoms with Gasteiger partial charge in [0.05, 0.1) is 16.8 Å². The van der Waals surface area contributed by atoms with Crippen molar-refractivity contribution in [1.29, 1.82) is 0 Å². The minimum atomic E-state index is -0.647. The van der Waals surface area contributed by atoms with Gasteiger partial charge in [-0.25, -0.2) is 0 Å². The highest BCUT2D eigenvalue weighted by Crippen LogP contribution is 2.66. The summed E-state index contributed by atoms with van der Waals surface area (Å²) in [6.07, 6.45) is 0. The molecule has 2 aliphatic carbocycles. The molecule has 15 aromatic rings. The van der Waals surface area contributed by atoms with Crippen LogP contribution in [0.25, 0.3) is 99.1 Å². The normalized spacial score (nSPS) is 13.6. The van der Waals surface area contributed by atoms with E-state index in [9.17, 15) is 0 Å². The van der Waals surface area contributed by atoms with E-state index in [-0.39, 0.29) is 0 Å². The quantitative estimate of drug-likeness (QED) is 0.135. The Hall–Kier alpha value is -11.3. The Kier molecular flexibility index (Phi) is 11.8. The molecule has 0 radical (unpaired) electrons. The predicted molar refractivity (Wildman–Crippen MR) is 366 cm³/mol. The van der Waals surface area contributed by atoms with Crippen molar-refractivity contribution in [3.8, 4) is 66.8 Å². The summed E-state index contributed by atoms with van der Waals surface area (Å²) in [4.78, 5) is 4.90. The van der Waals surface area contributed by atoms with Crippen LogP contribution < -0.4 is 9.80 Å². The lowest BCUT2D eigenvalue weighted by atomic mass is 9.69. The third-order valence-corrected chi connectivity index (χ3v) is 18.4. The van der Waals surface area contributed by atoms with Crippen LogP contribution in [-0.4, -0.2) is 0 Å². The van der Waals surface area contributed by atoms with Crippen molar-refractivity contribution in [2.24, 2.45) is 0 Å². The minimum Gasteiger partial charge on any atom is -0.310 e. The van der Waals surface area contributed by atoms with Gasteiger partial charge in [0, 0.05) is 33.9 Å². The molecule has 2 heteroatoms. The largest absolute Gasteiger partial charge is 0.310 e. The first-order chi connectivity index (χ1) is 43.2. The Morgan fingerprint density at radius 1 is 0.207 bits per heavy atom. The highest BCUT2D eigenvalue weighted by Gasteiger charge is 2.53. The van der Waals surface area contributed by atoms with Crippen LogP contribution in [0.1, 0.15) is 22.3 Å². The number of hydrogen-bond donors (Lipinski definition) is 0. The van der Waals surface area contributed by atoms with Gasteiger partial charge in [0.2, 0.25) is 0 Å². The van der Waals surface area contributed by atoms with E-state index in [1.165, 1.54) is 99.1 Å². The molecule has 0 N–H and O–H groups in total. The molecule has 1 spiro atoms. The third kappa shape index (κ3) is 8.10. The summed E-state index contributed by atoms with van der Waals surface area (Å²) in [5.74, 6) is 0. The Morgan fingerprint density at radius 2 is 0.690 bits per heavy atom. The van der Waals surface area contributed by atoms with Gasteiger partial charge in [-0.1, -0.05) is 255 Å². The number of benzene rings is 15. The molecular weight excluding hydrogens is 1050 g/mol. The number of nitrogens with zero attached hydrogens (tertiary/aromatic N) is 2. The molecule has 0 aliphatic heterocycles. The molecule has 0 saturated heterocycles. The Balaban J connectivity index is 0.889. The zero-order valence-corrected chi connectivity index (χ0v) is 47.7. The van der Waals surface area contributed by atoms with Crippen molar-refractivity contribution in [2.45, 2.75) is 5.41 Å². The minimum absolute atomic E-state index is 0.647. The predicted octanol–water partition coefficient (Wildman–Crippen LogP) is 23.1. The van der Waals surface area contributed by atoms with Gasteiger partial charge in [0.25, 0.3) is 0 Å². The van der Waals surface area contributed by atoms with Crippen molar-refractivity contribution in [2.75, 3.05) is 9.80 Å². The van der Waals surface area contributed by atoms with Crippen molar-refractivity contribution >= 4 is 66.4 Å². The summed E-state index contributed by atoms with van der Waals surface area (Å²) < 4.78 is 0. The molecule has 0 heterocycles. The summed E-state index contributed by atoms with van der Waals surface area (Å²) in [5.41, 5.74) is 25.7. The Morgan fingerprint density at radius 3 is 1.29 bits per heavy atom. The van der Waals surface area contributed by atoms with Crippen LogP contribution in [-0.2, 0) is 5.41 Å². The number of hydrogen-bond acceptors (Lipinski definition) is 2. The summed E-state index contributed by atoms with van der Waals surface area (Å²) in [6.45, 7) is 0. The highest BCUT2D eigenvalue weighted by atomic mass is 15.1. The first-order valence-electron chi connectivity index (χ1n) is 30.1. The second kappa shape index (κ2) is 20.5. The van der Waals surface area contributed by atoms with Gasteiger partial charge in [0.15, 0.2) is 0 Å². The Labute approximate surface area is 507 Å². The average Bonchev–Trinajstić information content (AvgIpc) is 1.50. The molecule has 1 unspecified atom stereocenters. The van der Waals surface area contributed by atoms with E-state index in [1.807, 2.05) is 0 Å². The number of anilines is 6. The molecule has 406 valence electrons. The van der Waals surface area contributed by atoms with Gasteiger partial charge < -0.3 is 9.80 Å². The summed E-state index contributed by atoms with van der Waals surface area (Å²) in [5, 5.41) is 7.33. The van der Waals surface area contributed by atoms with Crippen LogP contribution in [0.3, 0.4) is 0 Å². The van der Waals surface area contributed by atoms with Gasteiger partial charge >= 0.3 is 0 Å². The van der Waals surface area contributed by atoms with E-state index in [0.29, 0.717) is 0 Å². The van der Waals surface area contributed by atoms with Gasteiger partial charge in [0.1, 0.15) is 0 Å². The van der Waals surface area contributed by atoms with Crippen LogP contribution in [0.4, 0.5) is 34.1 Å². The lowest BCUT2D eigenvalue weighted by Gasteiger charge is -2.32. The van der Waals surface area contributed by atoms with Crippen molar-refractivity contribution < 1.29 is 0 Å². The van der Waals surface area contributed by atoms with E-state index >= 15 is 0 Å². The third-order valence-electron chi connectivity index (χ3n) is 18.4. The van der Waals surface area contributed by atoms with Crippen LogP contribution in [0.5, 0.6) is 0 Å².